The van der Waals surface area contributed by atoms with Crippen molar-refractivity contribution in [1.82, 2.24) is 4.98 Å². The van der Waals surface area contributed by atoms with E-state index in [4.69, 9.17) is 14.3 Å². The Morgan fingerprint density at radius 1 is 0.923 bits per heavy atom. The fraction of sp³-hybridized carbons (Fsp3) is 0.450. The van der Waals surface area contributed by atoms with E-state index in [0.717, 1.165) is 24.4 Å². The van der Waals surface area contributed by atoms with E-state index in [9.17, 15) is 0 Å². The molecule has 1 aromatic carbocycles. The van der Waals surface area contributed by atoms with E-state index in [1.54, 1.807) is 0 Å². The Morgan fingerprint density at radius 3 is 2.19 bits per heavy atom. The van der Waals surface area contributed by atoms with Crippen LogP contribution in [0.3, 0.4) is 0 Å². The topological polar surface area (TPSA) is 37.8 Å². The van der Waals surface area contributed by atoms with Crippen LogP contribution >= 0.6 is 0 Å². The SMILES string of the molecule is CN1CCN(c2ccc(B3OC(C)(C)C(C)(C)O3)cn2)c2ccccc21. The lowest BCUT2D eigenvalue weighted by Gasteiger charge is -2.36. The van der Waals surface area contributed by atoms with E-state index in [1.165, 1.54) is 11.4 Å². The smallest absolute Gasteiger partial charge is 0.399 e. The van der Waals surface area contributed by atoms with Gasteiger partial charge in [0.05, 0.1) is 22.6 Å². The summed E-state index contributed by atoms with van der Waals surface area (Å²) in [6.07, 6.45) is 1.87. The maximum Gasteiger partial charge on any atom is 0.496 e. The number of likely N-dealkylation sites (N-methyl/N-ethyl adjacent to an activating group) is 1. The van der Waals surface area contributed by atoms with Crippen molar-refractivity contribution in [3.05, 3.63) is 42.6 Å². The minimum atomic E-state index is -0.374. The first-order valence-electron chi connectivity index (χ1n) is 9.18. The van der Waals surface area contributed by atoms with Gasteiger partial charge in [-0.2, -0.15) is 0 Å². The van der Waals surface area contributed by atoms with Crippen LogP contribution in [0, 0.1) is 0 Å². The van der Waals surface area contributed by atoms with Crippen molar-refractivity contribution in [2.45, 2.75) is 38.9 Å². The van der Waals surface area contributed by atoms with Gasteiger partial charge in [0.1, 0.15) is 5.82 Å². The minimum absolute atomic E-state index is 0.341. The van der Waals surface area contributed by atoms with Crippen molar-refractivity contribution in [2.75, 3.05) is 29.9 Å². The summed E-state index contributed by atoms with van der Waals surface area (Å²) in [6.45, 7) is 10.1. The van der Waals surface area contributed by atoms with Gasteiger partial charge in [-0.1, -0.05) is 18.2 Å². The van der Waals surface area contributed by atoms with E-state index in [-0.39, 0.29) is 18.3 Å². The number of anilines is 3. The molecule has 1 saturated heterocycles. The second-order valence-electron chi connectivity index (χ2n) is 8.10. The van der Waals surface area contributed by atoms with Crippen LogP contribution in [0.25, 0.3) is 0 Å². The fourth-order valence-corrected chi connectivity index (χ4v) is 3.42. The van der Waals surface area contributed by atoms with Crippen LogP contribution in [0.15, 0.2) is 42.6 Å². The molecule has 0 N–H and O–H groups in total. The molecule has 5 nitrogen and oxygen atoms in total. The van der Waals surface area contributed by atoms with Crippen LogP contribution < -0.4 is 15.3 Å². The summed E-state index contributed by atoms with van der Waals surface area (Å²) in [4.78, 5) is 9.26. The number of fused-ring (bicyclic) bond motifs is 1. The number of benzene rings is 1. The predicted octanol–water partition coefficient (Wildman–Crippen LogP) is 2.97. The highest BCUT2D eigenvalue weighted by atomic mass is 16.7. The van der Waals surface area contributed by atoms with Crippen LogP contribution in [0.2, 0.25) is 0 Å². The molecule has 0 radical (unpaired) electrons. The zero-order chi connectivity index (χ0) is 18.5. The second kappa shape index (κ2) is 6.00. The van der Waals surface area contributed by atoms with Crippen molar-refractivity contribution in [1.29, 1.82) is 0 Å². The van der Waals surface area contributed by atoms with Gasteiger partial charge in [0, 0.05) is 31.8 Å². The lowest BCUT2D eigenvalue weighted by atomic mass is 9.80. The van der Waals surface area contributed by atoms with E-state index in [0.29, 0.717) is 0 Å². The van der Waals surface area contributed by atoms with Crippen molar-refractivity contribution >= 4 is 29.8 Å². The Morgan fingerprint density at radius 2 is 1.58 bits per heavy atom. The largest absolute Gasteiger partial charge is 0.496 e. The molecule has 0 aliphatic carbocycles. The molecule has 2 aliphatic heterocycles. The predicted molar refractivity (Wildman–Crippen MR) is 107 cm³/mol. The molecule has 0 unspecified atom stereocenters. The first-order chi connectivity index (χ1) is 12.3. The number of rotatable bonds is 2. The maximum absolute atomic E-state index is 6.12. The van der Waals surface area contributed by atoms with Crippen molar-refractivity contribution in [2.24, 2.45) is 0 Å². The molecular formula is C20H26BN3O2. The summed E-state index contributed by atoms with van der Waals surface area (Å²) in [5, 5.41) is 0. The number of aromatic nitrogens is 1. The normalized spacial score (nSPS) is 21.0. The molecule has 0 spiro atoms. The van der Waals surface area contributed by atoms with Crippen LogP contribution in [0.5, 0.6) is 0 Å². The summed E-state index contributed by atoms with van der Waals surface area (Å²) in [5.74, 6) is 0.950. The number of para-hydroxylation sites is 2. The number of nitrogens with zero attached hydrogens (tertiary/aromatic N) is 3. The molecule has 4 rings (SSSR count). The molecule has 0 atom stereocenters. The number of pyridine rings is 1. The molecule has 1 aromatic heterocycles. The average molecular weight is 351 g/mol. The lowest BCUT2D eigenvalue weighted by molar-refractivity contribution is 0.00578. The van der Waals surface area contributed by atoms with Gasteiger partial charge in [-0.3, -0.25) is 0 Å². The van der Waals surface area contributed by atoms with Crippen molar-refractivity contribution in [3.8, 4) is 0 Å². The zero-order valence-corrected chi connectivity index (χ0v) is 16.2. The Labute approximate surface area is 156 Å². The van der Waals surface area contributed by atoms with Crippen LogP contribution in [0.1, 0.15) is 27.7 Å². The molecule has 2 aromatic rings. The van der Waals surface area contributed by atoms with Gasteiger partial charge in [0.25, 0.3) is 0 Å². The van der Waals surface area contributed by atoms with Gasteiger partial charge in [-0.25, -0.2) is 4.98 Å². The van der Waals surface area contributed by atoms with Crippen molar-refractivity contribution < 1.29 is 9.31 Å². The Kier molecular flexibility index (Phi) is 4.01. The van der Waals surface area contributed by atoms with Crippen LogP contribution in [-0.2, 0) is 9.31 Å². The molecule has 6 heteroatoms. The molecule has 0 bridgehead atoms. The molecule has 1 fully saturated rings. The third kappa shape index (κ3) is 2.77. The van der Waals surface area contributed by atoms with E-state index < -0.39 is 0 Å². The summed E-state index contributed by atoms with van der Waals surface area (Å²) < 4.78 is 12.2. The number of hydrogen-bond donors (Lipinski definition) is 0. The van der Waals surface area contributed by atoms with E-state index in [1.807, 2.05) is 6.20 Å². The lowest BCUT2D eigenvalue weighted by Crippen LogP contribution is -2.41. The summed E-state index contributed by atoms with van der Waals surface area (Å²) in [6, 6.07) is 12.6. The minimum Gasteiger partial charge on any atom is -0.399 e. The number of hydrogen-bond acceptors (Lipinski definition) is 5. The summed E-state index contributed by atoms with van der Waals surface area (Å²) in [5.41, 5.74) is 2.70. The molecule has 0 saturated carbocycles. The van der Waals surface area contributed by atoms with Gasteiger partial charge in [-0.15, -0.1) is 0 Å². The standard InChI is InChI=1S/C20H26BN3O2/c1-19(2)20(3,4)26-21(25-19)15-10-11-18(22-14-15)24-13-12-23(5)16-8-6-7-9-17(16)24/h6-11,14H,12-13H2,1-5H3. The molecule has 26 heavy (non-hydrogen) atoms. The maximum atomic E-state index is 6.12. The van der Waals surface area contributed by atoms with Gasteiger partial charge in [0.15, 0.2) is 0 Å². The van der Waals surface area contributed by atoms with Crippen molar-refractivity contribution in [3.63, 3.8) is 0 Å². The molecule has 2 aliphatic rings. The van der Waals surface area contributed by atoms with E-state index >= 15 is 0 Å². The summed E-state index contributed by atoms with van der Waals surface area (Å²) in [7, 11) is 1.76. The highest BCUT2D eigenvalue weighted by Crippen LogP contribution is 2.37. The monoisotopic (exact) mass is 351 g/mol. The Hall–Kier alpha value is -2.05. The molecule has 3 heterocycles. The Balaban J connectivity index is 1.59. The van der Waals surface area contributed by atoms with Gasteiger partial charge in [0.2, 0.25) is 0 Å². The Bertz CT molecular complexity index is 791. The first kappa shape index (κ1) is 17.4. The summed E-state index contributed by atoms with van der Waals surface area (Å²) >= 11 is 0. The average Bonchev–Trinajstić information content (AvgIpc) is 2.83. The van der Waals surface area contributed by atoms with Gasteiger partial charge in [-0.05, 0) is 45.9 Å². The van der Waals surface area contributed by atoms with Gasteiger partial charge >= 0.3 is 7.12 Å². The molecular weight excluding hydrogens is 325 g/mol. The first-order valence-corrected chi connectivity index (χ1v) is 9.18. The molecule has 0 amide bonds. The highest BCUT2D eigenvalue weighted by molar-refractivity contribution is 6.62. The van der Waals surface area contributed by atoms with E-state index in [2.05, 4.69) is 80.9 Å². The van der Waals surface area contributed by atoms with Crippen LogP contribution in [0.4, 0.5) is 17.2 Å². The second-order valence-corrected chi connectivity index (χ2v) is 8.10. The quantitative estimate of drug-likeness (QED) is 0.778. The highest BCUT2D eigenvalue weighted by Gasteiger charge is 2.51. The fourth-order valence-electron chi connectivity index (χ4n) is 3.42. The van der Waals surface area contributed by atoms with Crippen LogP contribution in [-0.4, -0.2) is 43.4 Å². The third-order valence-electron chi connectivity index (χ3n) is 5.82. The van der Waals surface area contributed by atoms with Gasteiger partial charge < -0.3 is 19.1 Å². The molecule has 136 valence electrons. The zero-order valence-electron chi connectivity index (χ0n) is 16.2. The third-order valence-corrected chi connectivity index (χ3v) is 5.82.